The number of aryl methyl sites for hydroxylation is 1. The maximum atomic E-state index is 12.2. The van der Waals surface area contributed by atoms with E-state index in [4.69, 9.17) is 0 Å². The third kappa shape index (κ3) is 3.66. The lowest BCUT2D eigenvalue weighted by Crippen LogP contribution is -2.11. The second kappa shape index (κ2) is 6.90. The molecular weight excluding hydrogens is 344 g/mol. The summed E-state index contributed by atoms with van der Waals surface area (Å²) >= 11 is 2.67. The molecule has 0 aliphatic carbocycles. The number of rotatable bonds is 4. The van der Waals surface area contributed by atoms with E-state index < -0.39 is 0 Å². The van der Waals surface area contributed by atoms with Crippen LogP contribution in [0.4, 0.5) is 10.8 Å². The van der Waals surface area contributed by atoms with E-state index in [1.165, 1.54) is 29.6 Å². The Morgan fingerprint density at radius 3 is 2.46 bits per heavy atom. The van der Waals surface area contributed by atoms with Crippen molar-refractivity contribution in [2.24, 2.45) is 0 Å². The zero-order valence-corrected chi connectivity index (χ0v) is 14.6. The molecule has 0 aliphatic heterocycles. The van der Waals surface area contributed by atoms with Crippen LogP contribution in [-0.4, -0.2) is 21.8 Å². The molecule has 2 N–H and O–H groups in total. The molecule has 0 spiro atoms. The highest BCUT2D eigenvalue weighted by atomic mass is 32.1. The Morgan fingerprint density at radius 2 is 1.83 bits per heavy atom. The molecule has 0 saturated carbocycles. The molecule has 0 radical (unpaired) electrons. The highest BCUT2D eigenvalue weighted by Gasteiger charge is 2.14. The van der Waals surface area contributed by atoms with Crippen molar-refractivity contribution in [3.63, 3.8) is 0 Å². The van der Waals surface area contributed by atoms with Crippen LogP contribution in [0.5, 0.6) is 0 Å². The van der Waals surface area contributed by atoms with Gasteiger partial charge in [-0.15, -0.1) is 22.7 Å². The molecule has 8 heteroatoms. The largest absolute Gasteiger partial charge is 0.326 e. The van der Waals surface area contributed by atoms with E-state index in [9.17, 15) is 9.59 Å². The van der Waals surface area contributed by atoms with Gasteiger partial charge in [0.05, 0.1) is 16.9 Å². The minimum absolute atomic E-state index is 0.111. The van der Waals surface area contributed by atoms with Crippen LogP contribution < -0.4 is 10.6 Å². The minimum atomic E-state index is -0.197. The highest BCUT2D eigenvalue weighted by Crippen LogP contribution is 2.26. The van der Waals surface area contributed by atoms with Crippen molar-refractivity contribution in [3.8, 4) is 11.3 Å². The Labute approximate surface area is 146 Å². The van der Waals surface area contributed by atoms with Crippen molar-refractivity contribution in [2.45, 2.75) is 13.8 Å². The molecule has 122 valence electrons. The number of nitrogens with one attached hydrogen (secondary N) is 2. The number of aromatic nitrogens is 2. The first-order valence-electron chi connectivity index (χ1n) is 7.08. The van der Waals surface area contributed by atoms with Crippen molar-refractivity contribution >= 4 is 45.3 Å². The zero-order valence-electron chi connectivity index (χ0n) is 13.0. The van der Waals surface area contributed by atoms with E-state index in [2.05, 4.69) is 20.6 Å². The van der Waals surface area contributed by atoms with Gasteiger partial charge in [-0.2, -0.15) is 0 Å². The van der Waals surface area contributed by atoms with Gasteiger partial charge in [0.15, 0.2) is 5.13 Å². The van der Waals surface area contributed by atoms with Gasteiger partial charge in [-0.1, -0.05) is 12.1 Å². The summed E-state index contributed by atoms with van der Waals surface area (Å²) in [6, 6.07) is 7.38. The predicted octanol–water partition coefficient (Wildman–Crippen LogP) is 3.79. The lowest BCUT2D eigenvalue weighted by molar-refractivity contribution is -0.114. The van der Waals surface area contributed by atoms with Crippen LogP contribution >= 0.6 is 22.7 Å². The quantitative estimate of drug-likeness (QED) is 0.743. The molecular formula is C16H14N4O2S2. The molecule has 6 nitrogen and oxygen atoms in total. The number of benzene rings is 1. The first-order valence-corrected chi connectivity index (χ1v) is 8.84. The fraction of sp³-hybridized carbons (Fsp3) is 0.125. The monoisotopic (exact) mass is 358 g/mol. The van der Waals surface area contributed by atoms with Crippen molar-refractivity contribution in [2.75, 3.05) is 10.6 Å². The summed E-state index contributed by atoms with van der Waals surface area (Å²) in [6.45, 7) is 3.27. The predicted molar refractivity (Wildman–Crippen MR) is 96.7 cm³/mol. The van der Waals surface area contributed by atoms with E-state index in [-0.39, 0.29) is 11.8 Å². The molecule has 1 aromatic carbocycles. The van der Waals surface area contributed by atoms with Crippen LogP contribution in [-0.2, 0) is 4.79 Å². The van der Waals surface area contributed by atoms with E-state index in [1.807, 2.05) is 29.6 Å². The minimum Gasteiger partial charge on any atom is -0.326 e. The number of anilines is 2. The molecule has 2 aromatic heterocycles. The molecule has 0 bridgehead atoms. The number of carbonyl (C=O) groups is 2. The van der Waals surface area contributed by atoms with Crippen molar-refractivity contribution in [1.82, 2.24) is 9.97 Å². The summed E-state index contributed by atoms with van der Waals surface area (Å²) in [5, 5.41) is 7.93. The van der Waals surface area contributed by atoms with Gasteiger partial charge in [0.25, 0.3) is 5.91 Å². The second-order valence-corrected chi connectivity index (χ2v) is 6.73. The second-order valence-electron chi connectivity index (χ2n) is 5.02. The first kappa shape index (κ1) is 16.3. The lowest BCUT2D eigenvalue weighted by atomic mass is 10.1. The van der Waals surface area contributed by atoms with Gasteiger partial charge in [0.2, 0.25) is 5.91 Å². The summed E-state index contributed by atoms with van der Waals surface area (Å²) in [6.07, 6.45) is 0. The van der Waals surface area contributed by atoms with Crippen LogP contribution in [0.15, 0.2) is 35.2 Å². The van der Waals surface area contributed by atoms with Gasteiger partial charge in [-0.3, -0.25) is 14.9 Å². The van der Waals surface area contributed by atoms with Crippen molar-refractivity contribution < 1.29 is 9.59 Å². The van der Waals surface area contributed by atoms with Gasteiger partial charge >= 0.3 is 0 Å². The maximum Gasteiger partial charge on any atom is 0.269 e. The Bertz CT molecular complexity index is 884. The third-order valence-electron chi connectivity index (χ3n) is 3.18. The fourth-order valence-corrected chi connectivity index (χ4v) is 3.48. The molecule has 0 saturated heterocycles. The fourth-order valence-electron chi connectivity index (χ4n) is 2.07. The van der Waals surface area contributed by atoms with Crippen molar-refractivity contribution in [1.29, 1.82) is 0 Å². The van der Waals surface area contributed by atoms with Crippen LogP contribution in [0, 0.1) is 6.92 Å². The Morgan fingerprint density at radius 1 is 1.08 bits per heavy atom. The topological polar surface area (TPSA) is 84.0 Å². The van der Waals surface area contributed by atoms with E-state index in [1.54, 1.807) is 12.4 Å². The van der Waals surface area contributed by atoms with Gasteiger partial charge in [-0.05, 0) is 19.1 Å². The first-order chi connectivity index (χ1) is 11.5. The number of hydrogen-bond donors (Lipinski definition) is 2. The van der Waals surface area contributed by atoms with Gasteiger partial charge in [0, 0.05) is 23.6 Å². The zero-order chi connectivity index (χ0) is 17.1. The summed E-state index contributed by atoms with van der Waals surface area (Å²) < 4.78 is 0. The Kier molecular flexibility index (Phi) is 4.68. The number of nitrogens with zero attached hydrogens (tertiary/aromatic N) is 2. The molecule has 3 aromatic rings. The Hall–Kier alpha value is -2.58. The van der Waals surface area contributed by atoms with Gasteiger partial charge in [-0.25, -0.2) is 9.97 Å². The normalized spacial score (nSPS) is 10.4. The van der Waals surface area contributed by atoms with Crippen LogP contribution in [0.1, 0.15) is 22.3 Å². The van der Waals surface area contributed by atoms with Gasteiger partial charge < -0.3 is 5.32 Å². The van der Waals surface area contributed by atoms with E-state index in [0.717, 1.165) is 16.9 Å². The number of hydrogen-bond acceptors (Lipinski definition) is 6. The molecule has 2 heterocycles. The molecule has 0 unspecified atom stereocenters. The van der Waals surface area contributed by atoms with E-state index >= 15 is 0 Å². The lowest BCUT2D eigenvalue weighted by Gasteiger charge is -2.03. The maximum absolute atomic E-state index is 12.2. The van der Waals surface area contributed by atoms with E-state index in [0.29, 0.717) is 15.7 Å². The molecule has 3 rings (SSSR count). The van der Waals surface area contributed by atoms with Crippen LogP contribution in [0.25, 0.3) is 11.3 Å². The Balaban J connectivity index is 1.72. The SMILES string of the molecule is CC(=O)Nc1ccc(-c2csc(NC(=O)c3scnc3C)n2)cc1. The van der Waals surface area contributed by atoms with Crippen LogP contribution in [0.2, 0.25) is 0 Å². The average molecular weight is 358 g/mol. The standard InChI is InChI=1S/C16H14N4O2S2/c1-9-14(24-8-17-9)15(22)20-16-19-13(7-23-16)11-3-5-12(6-4-11)18-10(2)21/h3-8H,1-2H3,(H,18,21)(H,19,20,22). The molecule has 0 aliphatic rings. The molecule has 0 fully saturated rings. The molecule has 24 heavy (non-hydrogen) atoms. The number of thiazole rings is 2. The average Bonchev–Trinajstić information content (AvgIpc) is 3.16. The molecule has 0 atom stereocenters. The smallest absolute Gasteiger partial charge is 0.269 e. The summed E-state index contributed by atoms with van der Waals surface area (Å²) in [7, 11) is 0. The number of amides is 2. The summed E-state index contributed by atoms with van der Waals surface area (Å²) in [5.41, 5.74) is 4.77. The summed E-state index contributed by atoms with van der Waals surface area (Å²) in [5.74, 6) is -0.309. The van der Waals surface area contributed by atoms with Crippen LogP contribution in [0.3, 0.4) is 0 Å². The third-order valence-corrected chi connectivity index (χ3v) is 4.86. The van der Waals surface area contributed by atoms with Gasteiger partial charge in [0.1, 0.15) is 4.88 Å². The number of carbonyl (C=O) groups excluding carboxylic acids is 2. The highest BCUT2D eigenvalue weighted by molar-refractivity contribution is 7.14. The van der Waals surface area contributed by atoms with Crippen molar-refractivity contribution in [3.05, 3.63) is 45.7 Å². The molecule has 2 amide bonds. The summed E-state index contributed by atoms with van der Waals surface area (Å²) in [4.78, 5) is 32.3.